The van der Waals surface area contributed by atoms with Gasteiger partial charge in [-0.1, -0.05) is 80.3 Å². The molecule has 0 aliphatic heterocycles. The average molecular weight is 358 g/mol. The van der Waals surface area contributed by atoms with Gasteiger partial charge < -0.3 is 0 Å². The summed E-state index contributed by atoms with van der Waals surface area (Å²) in [6, 6.07) is 10.3. The van der Waals surface area contributed by atoms with Crippen molar-refractivity contribution in [2.45, 2.75) is 51.0 Å². The first-order valence-corrected chi connectivity index (χ1v) is 9.69. The molecular weight excluding hydrogens is 334 g/mol. The van der Waals surface area contributed by atoms with E-state index < -0.39 is 0 Å². The Labute approximate surface area is 155 Å². The van der Waals surface area contributed by atoms with Crippen LogP contribution >= 0.6 is 23.8 Å². The lowest BCUT2D eigenvalue weighted by Gasteiger charge is -2.40. The van der Waals surface area contributed by atoms with E-state index in [2.05, 4.69) is 41.4 Å². The normalized spacial score (nSPS) is 30.1. The summed E-state index contributed by atoms with van der Waals surface area (Å²) in [5.41, 5.74) is 1.97. The average Bonchev–Trinajstić information content (AvgIpc) is 2.63. The topological polar surface area (TPSA) is 12.4 Å². The Balaban J connectivity index is 1.86. The smallest absolute Gasteiger partial charge is 0.0970 e. The van der Waals surface area contributed by atoms with Crippen molar-refractivity contribution in [1.29, 1.82) is 0 Å². The zero-order chi connectivity index (χ0) is 17.0. The molecule has 0 spiro atoms. The molecule has 0 radical (unpaired) electrons. The van der Waals surface area contributed by atoms with Crippen molar-refractivity contribution in [3.8, 4) is 0 Å². The number of thiocarbonyl (C=S) groups is 1. The number of isothiocyanates is 1. The largest absolute Gasteiger partial charge is 0.221 e. The number of hydrogen-bond donors (Lipinski definition) is 0. The highest BCUT2D eigenvalue weighted by Gasteiger charge is 2.40. The van der Waals surface area contributed by atoms with E-state index in [4.69, 9.17) is 23.8 Å². The molecule has 24 heavy (non-hydrogen) atoms. The summed E-state index contributed by atoms with van der Waals surface area (Å²) in [5, 5.41) is 3.54. The third kappa shape index (κ3) is 3.57. The molecule has 3 heteroatoms. The van der Waals surface area contributed by atoms with Gasteiger partial charge in [-0.3, -0.25) is 0 Å². The van der Waals surface area contributed by atoms with Crippen molar-refractivity contribution < 1.29 is 0 Å². The van der Waals surface area contributed by atoms with Crippen LogP contribution in [0.4, 0.5) is 0 Å². The van der Waals surface area contributed by atoms with Crippen LogP contribution in [-0.2, 0) is 0 Å². The Bertz CT molecular complexity index is 679. The zero-order valence-electron chi connectivity index (χ0n) is 14.2. The molecule has 2 aliphatic carbocycles. The van der Waals surface area contributed by atoms with Gasteiger partial charge >= 0.3 is 0 Å². The first-order chi connectivity index (χ1) is 11.7. The number of hydrogen-bond acceptors (Lipinski definition) is 2. The number of benzene rings is 1. The lowest BCUT2D eigenvalue weighted by molar-refractivity contribution is 0.203. The van der Waals surface area contributed by atoms with Crippen molar-refractivity contribution in [3.05, 3.63) is 53.1 Å². The monoisotopic (exact) mass is 357 g/mol. The molecule has 0 heterocycles. The van der Waals surface area contributed by atoms with E-state index >= 15 is 0 Å². The molecule has 1 unspecified atom stereocenters. The van der Waals surface area contributed by atoms with Crippen molar-refractivity contribution >= 4 is 34.6 Å². The van der Waals surface area contributed by atoms with Gasteiger partial charge in [-0.25, -0.2) is 4.99 Å². The van der Waals surface area contributed by atoms with Crippen molar-refractivity contribution in [3.63, 3.8) is 0 Å². The molecule has 1 aromatic rings. The second-order valence-electron chi connectivity index (χ2n) is 7.01. The summed E-state index contributed by atoms with van der Waals surface area (Å²) in [4.78, 5) is 4.63. The highest BCUT2D eigenvalue weighted by molar-refractivity contribution is 7.78. The molecular formula is C21H24ClNS. The van der Waals surface area contributed by atoms with E-state index in [-0.39, 0.29) is 5.54 Å². The molecule has 1 atom stereocenters. The Morgan fingerprint density at radius 1 is 1.21 bits per heavy atom. The van der Waals surface area contributed by atoms with E-state index in [1.165, 1.54) is 32.1 Å². The first kappa shape index (κ1) is 17.6. The molecule has 2 aliphatic rings. The van der Waals surface area contributed by atoms with Gasteiger partial charge in [-0.15, -0.1) is 0 Å². The minimum atomic E-state index is -0.296. The zero-order valence-corrected chi connectivity index (χ0v) is 15.7. The highest BCUT2D eigenvalue weighted by Crippen LogP contribution is 2.46. The van der Waals surface area contributed by atoms with Crippen molar-refractivity contribution in [1.82, 2.24) is 0 Å². The molecule has 1 aromatic carbocycles. The van der Waals surface area contributed by atoms with E-state index in [9.17, 15) is 0 Å². The number of aliphatic imine (C=N–C) groups is 1. The van der Waals surface area contributed by atoms with Crippen LogP contribution < -0.4 is 0 Å². The molecule has 0 aromatic heterocycles. The highest BCUT2D eigenvalue weighted by atomic mass is 35.5. The first-order valence-electron chi connectivity index (χ1n) is 8.91. The van der Waals surface area contributed by atoms with Crippen LogP contribution in [-0.4, -0.2) is 10.7 Å². The van der Waals surface area contributed by atoms with Gasteiger partial charge in [-0.05, 0) is 48.0 Å². The molecule has 0 saturated heterocycles. The van der Waals surface area contributed by atoms with E-state index in [0.29, 0.717) is 5.92 Å². The van der Waals surface area contributed by atoms with Gasteiger partial charge in [0.2, 0.25) is 0 Å². The van der Waals surface area contributed by atoms with Crippen LogP contribution in [0, 0.1) is 11.8 Å². The van der Waals surface area contributed by atoms with Crippen LogP contribution in [0.1, 0.15) is 51.0 Å². The van der Waals surface area contributed by atoms with Crippen molar-refractivity contribution in [2.75, 3.05) is 0 Å². The van der Waals surface area contributed by atoms with Crippen LogP contribution in [0.3, 0.4) is 0 Å². The minimum absolute atomic E-state index is 0.296. The Morgan fingerprint density at radius 3 is 2.50 bits per heavy atom. The van der Waals surface area contributed by atoms with Crippen LogP contribution in [0.25, 0.3) is 5.57 Å². The standard InChI is InChI=1S/C21H24ClNS/c1-2-16-8-10-18(11-9-16)21(23-15-24)13-12-19(20(22)14-21)17-6-4-3-5-7-17/h3-7,12-13,16,18H,2,8-11,14H2,1H3. The van der Waals surface area contributed by atoms with Gasteiger partial charge in [0.1, 0.15) is 0 Å². The molecule has 126 valence electrons. The molecule has 0 N–H and O–H groups in total. The maximum Gasteiger partial charge on any atom is 0.0970 e. The number of nitrogens with zero attached hydrogens (tertiary/aromatic N) is 1. The number of halogens is 1. The number of allylic oxidation sites excluding steroid dienone is 2. The second kappa shape index (κ2) is 7.78. The fraction of sp³-hybridized carbons (Fsp3) is 0.476. The summed E-state index contributed by atoms with van der Waals surface area (Å²) >= 11 is 11.7. The van der Waals surface area contributed by atoms with E-state index in [0.717, 1.165) is 28.5 Å². The summed E-state index contributed by atoms with van der Waals surface area (Å²) in [6.07, 6.45) is 11.4. The maximum atomic E-state index is 6.72. The van der Waals surface area contributed by atoms with E-state index in [1.54, 1.807) is 0 Å². The summed E-state index contributed by atoms with van der Waals surface area (Å²) < 4.78 is 0. The number of rotatable bonds is 4. The molecule has 0 bridgehead atoms. The third-order valence-corrected chi connectivity index (χ3v) is 6.17. The van der Waals surface area contributed by atoms with Crippen LogP contribution in [0.5, 0.6) is 0 Å². The van der Waals surface area contributed by atoms with Gasteiger partial charge in [0.05, 0.1) is 10.7 Å². The predicted molar refractivity (Wildman–Crippen MR) is 106 cm³/mol. The lowest BCUT2D eigenvalue weighted by atomic mass is 9.68. The fourth-order valence-corrected chi connectivity index (χ4v) is 4.75. The Hall–Kier alpha value is -1.21. The second-order valence-corrected chi connectivity index (χ2v) is 7.65. The summed E-state index contributed by atoms with van der Waals surface area (Å²) in [6.45, 7) is 2.29. The third-order valence-electron chi connectivity index (χ3n) is 5.74. The van der Waals surface area contributed by atoms with Crippen LogP contribution in [0.15, 0.2) is 52.5 Å². The van der Waals surface area contributed by atoms with Gasteiger partial charge in [0.15, 0.2) is 0 Å². The SMILES string of the molecule is CCC1CCC(C2(N=C=S)C=CC(c3ccccc3)=C(Cl)C2)CC1. The maximum absolute atomic E-state index is 6.72. The van der Waals surface area contributed by atoms with Gasteiger partial charge in [-0.2, -0.15) is 0 Å². The molecule has 1 nitrogen and oxygen atoms in total. The quantitative estimate of drug-likeness (QED) is 0.433. The summed E-state index contributed by atoms with van der Waals surface area (Å²) in [7, 11) is 0. The Kier molecular flexibility index (Phi) is 5.71. The molecule has 1 fully saturated rings. The molecule has 1 saturated carbocycles. The van der Waals surface area contributed by atoms with Crippen molar-refractivity contribution in [2.24, 2.45) is 16.8 Å². The van der Waals surface area contributed by atoms with Gasteiger partial charge in [0, 0.05) is 11.5 Å². The minimum Gasteiger partial charge on any atom is -0.221 e. The molecule has 3 rings (SSSR count). The summed E-state index contributed by atoms with van der Waals surface area (Å²) in [5.74, 6) is 1.38. The predicted octanol–water partition coefficient (Wildman–Crippen LogP) is 6.65. The lowest BCUT2D eigenvalue weighted by Crippen LogP contribution is -2.38. The Morgan fingerprint density at radius 2 is 1.92 bits per heavy atom. The van der Waals surface area contributed by atoms with Gasteiger partial charge in [0.25, 0.3) is 0 Å². The van der Waals surface area contributed by atoms with E-state index in [1.807, 2.05) is 18.2 Å². The van der Waals surface area contributed by atoms with Crippen LogP contribution in [0.2, 0.25) is 0 Å². The fourth-order valence-electron chi connectivity index (χ4n) is 4.20. The molecule has 0 amide bonds.